The van der Waals surface area contributed by atoms with E-state index in [4.69, 9.17) is 11.6 Å². The van der Waals surface area contributed by atoms with E-state index in [2.05, 4.69) is 18.1 Å². The van der Waals surface area contributed by atoms with Crippen molar-refractivity contribution in [2.45, 2.75) is 20.3 Å². The highest BCUT2D eigenvalue weighted by molar-refractivity contribution is 6.19. The zero-order chi connectivity index (χ0) is 9.84. The molecule has 1 aromatic heterocycles. The third-order valence-electron chi connectivity index (χ3n) is 1.89. The number of hydrogen-bond donors (Lipinski definition) is 0. The minimum atomic E-state index is 0.581. The summed E-state index contributed by atoms with van der Waals surface area (Å²) in [5.74, 6) is 0.581. The van der Waals surface area contributed by atoms with Crippen molar-refractivity contribution in [1.29, 1.82) is 0 Å². The van der Waals surface area contributed by atoms with E-state index in [1.807, 2.05) is 24.9 Å². The van der Waals surface area contributed by atoms with E-state index in [1.165, 1.54) is 11.1 Å². The maximum absolute atomic E-state index is 5.71. The molecule has 3 heteroatoms. The minimum Gasteiger partial charge on any atom is -0.275 e. The Kier molecular flexibility index (Phi) is 3.55. The van der Waals surface area contributed by atoms with Gasteiger partial charge in [0.05, 0.1) is 5.69 Å². The lowest BCUT2D eigenvalue weighted by molar-refractivity contribution is 0.746. The summed E-state index contributed by atoms with van der Waals surface area (Å²) in [4.78, 5) is 0. The Balaban J connectivity index is 2.99. The van der Waals surface area contributed by atoms with Crippen LogP contribution in [-0.2, 0) is 13.5 Å². The Labute approximate surface area is 84.2 Å². The molecule has 0 aromatic carbocycles. The lowest BCUT2D eigenvalue weighted by Crippen LogP contribution is -1.89. The second-order valence-electron chi connectivity index (χ2n) is 3.18. The molecule has 0 saturated heterocycles. The van der Waals surface area contributed by atoms with E-state index in [9.17, 15) is 0 Å². The van der Waals surface area contributed by atoms with E-state index >= 15 is 0 Å². The van der Waals surface area contributed by atoms with Gasteiger partial charge in [0, 0.05) is 24.7 Å². The molecule has 0 bridgehead atoms. The highest BCUT2D eigenvalue weighted by Crippen LogP contribution is 2.12. The number of allylic oxidation sites excluding steroid dienone is 1. The molecule has 0 radical (unpaired) electrons. The molecule has 0 amide bonds. The summed E-state index contributed by atoms with van der Waals surface area (Å²) < 4.78 is 1.84. The third kappa shape index (κ3) is 2.59. The van der Waals surface area contributed by atoms with Gasteiger partial charge in [-0.1, -0.05) is 18.6 Å². The summed E-state index contributed by atoms with van der Waals surface area (Å²) in [5.41, 5.74) is 3.49. The zero-order valence-corrected chi connectivity index (χ0v) is 9.10. The molecule has 0 aliphatic heterocycles. The molecule has 0 saturated carbocycles. The van der Waals surface area contributed by atoms with Crippen LogP contribution in [0, 0.1) is 0 Å². The molecule has 1 heterocycles. The summed E-state index contributed by atoms with van der Waals surface area (Å²) in [7, 11) is 1.94. The van der Waals surface area contributed by atoms with Gasteiger partial charge in [0.2, 0.25) is 0 Å². The first-order chi connectivity index (χ1) is 6.17. The van der Waals surface area contributed by atoms with Crippen molar-refractivity contribution in [2.75, 3.05) is 5.88 Å². The van der Waals surface area contributed by atoms with Gasteiger partial charge in [-0.2, -0.15) is 5.10 Å². The topological polar surface area (TPSA) is 17.8 Å². The maximum atomic E-state index is 5.71. The van der Waals surface area contributed by atoms with Gasteiger partial charge in [0.25, 0.3) is 0 Å². The molecule has 0 N–H and O–H groups in total. The molecule has 0 atom stereocenters. The predicted octanol–water partition coefficient (Wildman–Crippen LogP) is 2.62. The maximum Gasteiger partial charge on any atom is 0.0694 e. The molecule has 0 aliphatic rings. The smallest absolute Gasteiger partial charge is 0.0694 e. The molecule has 1 aromatic rings. The number of nitrogens with zero attached hydrogens (tertiary/aromatic N) is 2. The van der Waals surface area contributed by atoms with E-state index in [-0.39, 0.29) is 0 Å². The van der Waals surface area contributed by atoms with E-state index in [1.54, 1.807) is 0 Å². The lowest BCUT2D eigenvalue weighted by atomic mass is 10.1. The van der Waals surface area contributed by atoms with Crippen molar-refractivity contribution in [3.63, 3.8) is 0 Å². The Morgan fingerprint density at radius 2 is 2.38 bits per heavy atom. The largest absolute Gasteiger partial charge is 0.275 e. The number of rotatable bonds is 3. The highest BCUT2D eigenvalue weighted by atomic mass is 35.5. The van der Waals surface area contributed by atoms with Crippen LogP contribution in [0.25, 0.3) is 6.08 Å². The first kappa shape index (κ1) is 10.3. The van der Waals surface area contributed by atoms with Crippen LogP contribution >= 0.6 is 11.6 Å². The normalized spacial score (nSPS) is 12.2. The lowest BCUT2D eigenvalue weighted by Gasteiger charge is -1.94. The van der Waals surface area contributed by atoms with Crippen LogP contribution in [0.3, 0.4) is 0 Å². The average Bonchev–Trinajstić information content (AvgIpc) is 2.46. The summed E-state index contributed by atoms with van der Waals surface area (Å²) in [6, 6.07) is 0. The van der Waals surface area contributed by atoms with E-state index in [0.29, 0.717) is 5.88 Å². The Morgan fingerprint density at radius 1 is 1.69 bits per heavy atom. The number of aromatic nitrogens is 2. The predicted molar refractivity (Wildman–Crippen MR) is 57.0 cm³/mol. The van der Waals surface area contributed by atoms with Gasteiger partial charge < -0.3 is 0 Å². The van der Waals surface area contributed by atoms with Gasteiger partial charge in [-0.25, -0.2) is 0 Å². The van der Waals surface area contributed by atoms with Crippen LogP contribution in [0.2, 0.25) is 0 Å². The number of hydrogen-bond acceptors (Lipinski definition) is 1. The number of alkyl halides is 1. The Hall–Kier alpha value is -0.760. The van der Waals surface area contributed by atoms with Crippen molar-refractivity contribution in [3.05, 3.63) is 23.0 Å². The minimum absolute atomic E-state index is 0.581. The second kappa shape index (κ2) is 4.47. The first-order valence-electron chi connectivity index (χ1n) is 4.43. The van der Waals surface area contributed by atoms with Gasteiger partial charge in [-0.15, -0.1) is 11.6 Å². The van der Waals surface area contributed by atoms with Gasteiger partial charge >= 0.3 is 0 Å². The van der Waals surface area contributed by atoms with Crippen LogP contribution in [0.1, 0.15) is 25.1 Å². The molecular weight excluding hydrogens is 184 g/mol. The first-order valence-corrected chi connectivity index (χ1v) is 4.96. The van der Waals surface area contributed by atoms with Crippen molar-refractivity contribution >= 4 is 17.7 Å². The fraction of sp³-hybridized carbons (Fsp3) is 0.500. The van der Waals surface area contributed by atoms with Crippen molar-refractivity contribution < 1.29 is 0 Å². The average molecular weight is 199 g/mol. The fourth-order valence-electron chi connectivity index (χ4n) is 1.25. The summed E-state index contributed by atoms with van der Waals surface area (Å²) in [6.07, 6.45) is 5.08. The van der Waals surface area contributed by atoms with Crippen LogP contribution in [0.15, 0.2) is 11.8 Å². The van der Waals surface area contributed by atoms with Crippen LogP contribution < -0.4 is 0 Å². The van der Waals surface area contributed by atoms with Crippen LogP contribution in [-0.4, -0.2) is 15.7 Å². The number of halogens is 1. The molecular formula is C10H15ClN2. The summed E-state index contributed by atoms with van der Waals surface area (Å²) in [6.45, 7) is 4.13. The SMILES string of the molecule is CCc1nn(C)cc1/C=C(/C)CCl. The molecule has 0 aliphatic carbocycles. The molecule has 0 spiro atoms. The van der Waals surface area contributed by atoms with Crippen molar-refractivity contribution in [1.82, 2.24) is 9.78 Å². The molecule has 72 valence electrons. The molecule has 1 rings (SSSR count). The van der Waals surface area contributed by atoms with Gasteiger partial charge in [0.1, 0.15) is 0 Å². The molecule has 13 heavy (non-hydrogen) atoms. The quantitative estimate of drug-likeness (QED) is 0.683. The highest BCUT2D eigenvalue weighted by Gasteiger charge is 2.02. The van der Waals surface area contributed by atoms with E-state index < -0.39 is 0 Å². The van der Waals surface area contributed by atoms with Gasteiger partial charge in [-0.3, -0.25) is 4.68 Å². The zero-order valence-electron chi connectivity index (χ0n) is 8.34. The summed E-state index contributed by atoms with van der Waals surface area (Å²) in [5, 5.41) is 4.35. The van der Waals surface area contributed by atoms with E-state index in [0.717, 1.165) is 12.1 Å². The fourth-order valence-corrected chi connectivity index (χ4v) is 1.33. The summed E-state index contributed by atoms with van der Waals surface area (Å²) >= 11 is 5.71. The number of aryl methyl sites for hydroxylation is 2. The third-order valence-corrected chi connectivity index (χ3v) is 2.31. The van der Waals surface area contributed by atoms with Crippen LogP contribution in [0.4, 0.5) is 0 Å². The van der Waals surface area contributed by atoms with Gasteiger partial charge in [0.15, 0.2) is 0 Å². The van der Waals surface area contributed by atoms with Crippen molar-refractivity contribution in [3.8, 4) is 0 Å². The van der Waals surface area contributed by atoms with Crippen molar-refractivity contribution in [2.24, 2.45) is 7.05 Å². The molecule has 2 nitrogen and oxygen atoms in total. The second-order valence-corrected chi connectivity index (χ2v) is 3.45. The standard InChI is InChI=1S/C10H15ClN2/c1-4-10-9(5-8(2)6-11)7-13(3)12-10/h5,7H,4,6H2,1-3H3/b8-5-. The monoisotopic (exact) mass is 198 g/mol. The van der Waals surface area contributed by atoms with Crippen LogP contribution in [0.5, 0.6) is 0 Å². The Morgan fingerprint density at radius 3 is 2.92 bits per heavy atom. The molecule has 0 unspecified atom stereocenters. The van der Waals surface area contributed by atoms with Gasteiger partial charge in [-0.05, 0) is 13.3 Å². The molecule has 0 fully saturated rings. The Bertz CT molecular complexity index is 313.